The summed E-state index contributed by atoms with van der Waals surface area (Å²) in [4.78, 5) is 11.8. The predicted molar refractivity (Wildman–Crippen MR) is 75.6 cm³/mol. The smallest absolute Gasteiger partial charge is 0.252 e. The highest BCUT2D eigenvalue weighted by molar-refractivity contribution is 9.10. The summed E-state index contributed by atoms with van der Waals surface area (Å²) < 4.78 is 13.6. The van der Waals surface area contributed by atoms with Gasteiger partial charge in [0.1, 0.15) is 5.82 Å². The van der Waals surface area contributed by atoms with E-state index in [1.54, 1.807) is 0 Å². The SMILES string of the molecule is CC(CCl)CCCNC(=O)c1cc(F)ccc1Br. The van der Waals surface area contributed by atoms with E-state index in [0.29, 0.717) is 28.4 Å². The molecule has 1 atom stereocenters. The van der Waals surface area contributed by atoms with Gasteiger partial charge in [0.15, 0.2) is 0 Å². The second-order valence-corrected chi connectivity index (χ2v) is 5.44. The molecule has 1 unspecified atom stereocenters. The highest BCUT2D eigenvalue weighted by Gasteiger charge is 2.10. The van der Waals surface area contributed by atoms with E-state index in [1.165, 1.54) is 18.2 Å². The van der Waals surface area contributed by atoms with E-state index in [0.717, 1.165) is 12.8 Å². The summed E-state index contributed by atoms with van der Waals surface area (Å²) in [6.45, 7) is 2.64. The van der Waals surface area contributed by atoms with Crippen molar-refractivity contribution in [2.45, 2.75) is 19.8 Å². The number of benzene rings is 1. The monoisotopic (exact) mass is 335 g/mol. The Balaban J connectivity index is 2.43. The molecule has 0 aliphatic rings. The topological polar surface area (TPSA) is 29.1 Å². The second-order valence-electron chi connectivity index (χ2n) is 4.28. The summed E-state index contributed by atoms with van der Waals surface area (Å²) in [6.07, 6.45) is 1.83. The molecule has 0 aromatic heterocycles. The van der Waals surface area contributed by atoms with Crippen molar-refractivity contribution in [3.63, 3.8) is 0 Å². The van der Waals surface area contributed by atoms with Crippen LogP contribution < -0.4 is 5.32 Å². The highest BCUT2D eigenvalue weighted by Crippen LogP contribution is 2.17. The fraction of sp³-hybridized carbons (Fsp3) is 0.462. The zero-order chi connectivity index (χ0) is 13.5. The molecule has 2 nitrogen and oxygen atoms in total. The van der Waals surface area contributed by atoms with Gasteiger partial charge >= 0.3 is 0 Å². The third-order valence-corrected chi connectivity index (χ3v) is 3.81. The largest absolute Gasteiger partial charge is 0.352 e. The van der Waals surface area contributed by atoms with Gasteiger partial charge in [0.2, 0.25) is 0 Å². The summed E-state index contributed by atoms with van der Waals surface area (Å²) in [5.41, 5.74) is 0.320. The molecule has 5 heteroatoms. The number of carbonyl (C=O) groups excluding carboxylic acids is 1. The van der Waals surface area contributed by atoms with Crippen LogP contribution in [0.1, 0.15) is 30.1 Å². The molecular weight excluding hydrogens is 321 g/mol. The number of alkyl halides is 1. The molecule has 1 rings (SSSR count). The third-order valence-electron chi connectivity index (χ3n) is 2.60. The number of hydrogen-bond donors (Lipinski definition) is 1. The van der Waals surface area contributed by atoms with E-state index in [1.807, 2.05) is 0 Å². The molecule has 0 aliphatic heterocycles. The number of nitrogens with one attached hydrogen (secondary N) is 1. The molecule has 0 fully saturated rings. The van der Waals surface area contributed by atoms with E-state index in [4.69, 9.17) is 11.6 Å². The molecule has 0 aliphatic carbocycles. The van der Waals surface area contributed by atoms with Gasteiger partial charge in [-0.25, -0.2) is 4.39 Å². The molecule has 1 amide bonds. The van der Waals surface area contributed by atoms with Crippen LogP contribution in [0.3, 0.4) is 0 Å². The zero-order valence-corrected chi connectivity index (χ0v) is 12.5. The molecule has 0 spiro atoms. The van der Waals surface area contributed by atoms with Crippen LogP contribution in [0, 0.1) is 11.7 Å². The van der Waals surface area contributed by atoms with Crippen LogP contribution in [0.25, 0.3) is 0 Å². The van der Waals surface area contributed by atoms with E-state index >= 15 is 0 Å². The fourth-order valence-corrected chi connectivity index (χ4v) is 2.08. The number of hydrogen-bond acceptors (Lipinski definition) is 1. The van der Waals surface area contributed by atoms with Crippen molar-refractivity contribution in [1.82, 2.24) is 5.32 Å². The summed E-state index contributed by atoms with van der Waals surface area (Å²) in [5, 5.41) is 2.77. The Morgan fingerprint density at radius 2 is 2.28 bits per heavy atom. The molecule has 18 heavy (non-hydrogen) atoms. The Kier molecular flexibility index (Phi) is 6.65. The van der Waals surface area contributed by atoms with Crippen molar-refractivity contribution in [1.29, 1.82) is 0 Å². The average molecular weight is 337 g/mol. The first-order valence-electron chi connectivity index (χ1n) is 5.83. The van der Waals surface area contributed by atoms with Crippen molar-refractivity contribution >= 4 is 33.4 Å². The Hall–Kier alpha value is -0.610. The number of halogens is 3. The van der Waals surface area contributed by atoms with Crippen LogP contribution in [0.5, 0.6) is 0 Å². The Morgan fingerprint density at radius 3 is 2.94 bits per heavy atom. The normalized spacial score (nSPS) is 12.2. The maximum Gasteiger partial charge on any atom is 0.252 e. The van der Waals surface area contributed by atoms with Gasteiger partial charge in [-0.1, -0.05) is 6.92 Å². The number of carbonyl (C=O) groups is 1. The quantitative estimate of drug-likeness (QED) is 0.618. The van der Waals surface area contributed by atoms with Crippen LogP contribution in [-0.2, 0) is 0 Å². The molecule has 0 radical (unpaired) electrons. The van der Waals surface area contributed by atoms with Crippen LogP contribution in [0.2, 0.25) is 0 Å². The molecule has 1 aromatic carbocycles. The lowest BCUT2D eigenvalue weighted by Gasteiger charge is -2.09. The molecular formula is C13H16BrClFNO. The van der Waals surface area contributed by atoms with Crippen LogP contribution >= 0.6 is 27.5 Å². The van der Waals surface area contributed by atoms with Crippen molar-refractivity contribution in [2.75, 3.05) is 12.4 Å². The van der Waals surface area contributed by atoms with E-state index in [9.17, 15) is 9.18 Å². The average Bonchev–Trinajstić information content (AvgIpc) is 2.36. The maximum atomic E-state index is 13.0. The predicted octanol–water partition coefficient (Wildman–Crippen LogP) is 3.97. The van der Waals surface area contributed by atoms with Crippen LogP contribution in [0.4, 0.5) is 4.39 Å². The first-order chi connectivity index (χ1) is 8.54. The Bertz CT molecular complexity index is 414. The molecule has 0 saturated heterocycles. The minimum atomic E-state index is -0.417. The van der Waals surface area contributed by atoms with Crippen LogP contribution in [0.15, 0.2) is 22.7 Å². The second kappa shape index (κ2) is 7.74. The standard InChI is InChI=1S/C13H16BrClFNO/c1-9(8-15)3-2-6-17-13(18)11-7-10(16)4-5-12(11)14/h4-5,7,9H,2-3,6,8H2,1H3,(H,17,18). The van der Waals surface area contributed by atoms with Gasteiger partial charge in [-0.05, 0) is 52.9 Å². The maximum absolute atomic E-state index is 13.0. The van der Waals surface area contributed by atoms with Crippen molar-refractivity contribution < 1.29 is 9.18 Å². The summed E-state index contributed by atoms with van der Waals surface area (Å²) in [5.74, 6) is 0.395. The lowest BCUT2D eigenvalue weighted by molar-refractivity contribution is 0.0951. The van der Waals surface area contributed by atoms with Gasteiger partial charge in [0.25, 0.3) is 5.91 Å². The minimum absolute atomic E-state index is 0.264. The summed E-state index contributed by atoms with van der Waals surface area (Å²) >= 11 is 8.92. The van der Waals surface area contributed by atoms with Gasteiger partial charge in [-0.2, -0.15) is 0 Å². The molecule has 100 valence electrons. The van der Waals surface area contributed by atoms with Gasteiger partial charge in [-0.15, -0.1) is 11.6 Å². The van der Waals surface area contributed by atoms with Crippen molar-refractivity contribution in [3.8, 4) is 0 Å². The third kappa shape index (κ3) is 4.94. The Labute approximate surface area is 120 Å². The minimum Gasteiger partial charge on any atom is -0.352 e. The first kappa shape index (κ1) is 15.4. The number of rotatable bonds is 6. The van der Waals surface area contributed by atoms with Gasteiger partial charge in [-0.3, -0.25) is 4.79 Å². The number of amides is 1. The fourth-order valence-electron chi connectivity index (χ4n) is 1.50. The van der Waals surface area contributed by atoms with Gasteiger partial charge in [0, 0.05) is 16.9 Å². The van der Waals surface area contributed by atoms with E-state index < -0.39 is 5.82 Å². The molecule has 1 aromatic rings. The molecule has 0 heterocycles. The molecule has 0 bridgehead atoms. The Morgan fingerprint density at radius 1 is 1.56 bits per heavy atom. The van der Waals surface area contributed by atoms with E-state index in [2.05, 4.69) is 28.2 Å². The molecule has 0 saturated carbocycles. The van der Waals surface area contributed by atoms with Gasteiger partial charge < -0.3 is 5.32 Å². The summed E-state index contributed by atoms with van der Waals surface area (Å²) in [6, 6.07) is 4.06. The van der Waals surface area contributed by atoms with Gasteiger partial charge in [0.05, 0.1) is 5.56 Å². The van der Waals surface area contributed by atoms with Crippen molar-refractivity contribution in [2.24, 2.45) is 5.92 Å². The lowest BCUT2D eigenvalue weighted by atomic mass is 10.1. The lowest BCUT2D eigenvalue weighted by Crippen LogP contribution is -2.25. The molecule has 1 N–H and O–H groups in total. The van der Waals surface area contributed by atoms with E-state index in [-0.39, 0.29) is 5.91 Å². The highest BCUT2D eigenvalue weighted by atomic mass is 79.9. The zero-order valence-electron chi connectivity index (χ0n) is 10.2. The summed E-state index contributed by atoms with van der Waals surface area (Å²) in [7, 11) is 0. The van der Waals surface area contributed by atoms with Crippen molar-refractivity contribution in [3.05, 3.63) is 34.1 Å². The first-order valence-corrected chi connectivity index (χ1v) is 7.16. The van der Waals surface area contributed by atoms with Crippen LogP contribution in [-0.4, -0.2) is 18.3 Å².